The molecule has 0 saturated carbocycles. The Kier molecular flexibility index (Phi) is 6.18. The van der Waals surface area contributed by atoms with E-state index in [0.717, 1.165) is 38.2 Å². The number of thioether (sulfide) groups is 1. The minimum Gasteiger partial charge on any atom is -0.354 e. The van der Waals surface area contributed by atoms with Gasteiger partial charge in [0, 0.05) is 38.3 Å². The van der Waals surface area contributed by atoms with Crippen molar-refractivity contribution in [2.45, 2.75) is 11.8 Å². The highest BCUT2D eigenvalue weighted by Gasteiger charge is 2.16. The molecule has 168 valence electrons. The van der Waals surface area contributed by atoms with Crippen LogP contribution in [-0.4, -0.2) is 17.1 Å². The Morgan fingerprint density at radius 2 is 1.68 bits per heavy atom. The summed E-state index contributed by atoms with van der Waals surface area (Å²) in [5.41, 5.74) is 7.21. The van der Waals surface area contributed by atoms with Crippen LogP contribution in [0.15, 0.2) is 95.9 Å². The molecule has 4 aromatic carbocycles. The minimum atomic E-state index is -0.159. The molecule has 0 fully saturated rings. The molecular formula is C29H23ClN2OS. The summed E-state index contributed by atoms with van der Waals surface area (Å²) in [6, 6.07) is 29.9. The number of aromatic amines is 1. The van der Waals surface area contributed by atoms with Crippen molar-refractivity contribution >= 4 is 45.9 Å². The number of para-hydroxylation sites is 1. The molecule has 1 aromatic heterocycles. The number of hydrogen-bond acceptors (Lipinski definition) is 2. The summed E-state index contributed by atoms with van der Waals surface area (Å²) < 4.78 is 0. The SMILES string of the molecule is CSc1ccc(C(=O)Nc2ccc(Cl)c(-c3cc4ccccc4[nH]3)c2)c(-c2ccc(C)cc2)c1. The van der Waals surface area contributed by atoms with Gasteiger partial charge in [-0.25, -0.2) is 0 Å². The highest BCUT2D eigenvalue weighted by Crippen LogP contribution is 2.33. The second kappa shape index (κ2) is 9.41. The molecule has 0 spiro atoms. The monoisotopic (exact) mass is 482 g/mol. The summed E-state index contributed by atoms with van der Waals surface area (Å²) in [6.45, 7) is 2.06. The van der Waals surface area contributed by atoms with Gasteiger partial charge in [0.25, 0.3) is 5.91 Å². The lowest BCUT2D eigenvalue weighted by Gasteiger charge is -2.13. The number of amides is 1. The average Bonchev–Trinajstić information content (AvgIpc) is 3.29. The average molecular weight is 483 g/mol. The maximum Gasteiger partial charge on any atom is 0.256 e. The molecule has 2 N–H and O–H groups in total. The first-order valence-corrected chi connectivity index (χ1v) is 12.6. The summed E-state index contributed by atoms with van der Waals surface area (Å²) in [7, 11) is 0. The van der Waals surface area contributed by atoms with Crippen molar-refractivity contribution in [1.82, 2.24) is 4.98 Å². The smallest absolute Gasteiger partial charge is 0.256 e. The number of hydrogen-bond donors (Lipinski definition) is 2. The molecule has 5 heteroatoms. The molecule has 0 atom stereocenters. The van der Waals surface area contributed by atoms with E-state index in [1.807, 2.05) is 54.8 Å². The fourth-order valence-corrected chi connectivity index (χ4v) is 4.71. The number of nitrogens with one attached hydrogen (secondary N) is 2. The van der Waals surface area contributed by atoms with E-state index < -0.39 is 0 Å². The van der Waals surface area contributed by atoms with Crippen LogP contribution in [0.1, 0.15) is 15.9 Å². The van der Waals surface area contributed by atoms with E-state index in [4.69, 9.17) is 11.6 Å². The van der Waals surface area contributed by atoms with Crippen LogP contribution in [0.4, 0.5) is 5.69 Å². The number of halogens is 1. The molecule has 0 aliphatic heterocycles. The van der Waals surface area contributed by atoms with Crippen LogP contribution in [0.5, 0.6) is 0 Å². The van der Waals surface area contributed by atoms with Crippen LogP contribution in [-0.2, 0) is 0 Å². The maximum absolute atomic E-state index is 13.4. The van der Waals surface area contributed by atoms with Crippen LogP contribution in [0, 0.1) is 6.92 Å². The topological polar surface area (TPSA) is 44.9 Å². The molecular weight excluding hydrogens is 460 g/mol. The van der Waals surface area contributed by atoms with Gasteiger partial charge >= 0.3 is 0 Å². The minimum absolute atomic E-state index is 0.159. The molecule has 0 radical (unpaired) electrons. The van der Waals surface area contributed by atoms with Gasteiger partial charge < -0.3 is 10.3 Å². The molecule has 5 rings (SSSR count). The summed E-state index contributed by atoms with van der Waals surface area (Å²) in [6.07, 6.45) is 2.03. The standard InChI is InChI=1S/C29H23ClN2OS/c1-18-7-9-19(10-8-18)24-17-22(34-2)12-13-23(24)29(33)31-21-11-14-26(30)25(16-21)28-15-20-5-3-4-6-27(20)32-28/h3-17,32H,1-2H3,(H,31,33). The zero-order chi connectivity index (χ0) is 23.7. The van der Waals surface area contributed by atoms with Gasteiger partial charge in [0.2, 0.25) is 0 Å². The van der Waals surface area contributed by atoms with E-state index in [0.29, 0.717) is 16.3 Å². The molecule has 0 saturated heterocycles. The van der Waals surface area contributed by atoms with E-state index in [9.17, 15) is 4.79 Å². The number of fused-ring (bicyclic) bond motifs is 1. The van der Waals surface area contributed by atoms with Crippen molar-refractivity contribution in [2.75, 3.05) is 11.6 Å². The predicted molar refractivity (Wildman–Crippen MR) is 145 cm³/mol. The Labute approximate surface area is 208 Å². The van der Waals surface area contributed by atoms with Gasteiger partial charge in [0.1, 0.15) is 0 Å². The first-order chi connectivity index (χ1) is 16.5. The zero-order valence-corrected chi connectivity index (χ0v) is 20.4. The number of aromatic nitrogens is 1. The van der Waals surface area contributed by atoms with Crippen LogP contribution in [0.2, 0.25) is 5.02 Å². The number of H-pyrrole nitrogens is 1. The zero-order valence-electron chi connectivity index (χ0n) is 18.9. The normalized spacial score (nSPS) is 11.0. The fraction of sp³-hybridized carbons (Fsp3) is 0.0690. The summed E-state index contributed by atoms with van der Waals surface area (Å²) >= 11 is 8.19. The van der Waals surface area contributed by atoms with Gasteiger partial charge in [-0.1, -0.05) is 59.6 Å². The number of benzene rings is 4. The van der Waals surface area contributed by atoms with E-state index in [-0.39, 0.29) is 5.91 Å². The van der Waals surface area contributed by atoms with Crippen molar-refractivity contribution in [3.8, 4) is 22.4 Å². The quantitative estimate of drug-likeness (QED) is 0.247. The summed E-state index contributed by atoms with van der Waals surface area (Å²) in [4.78, 5) is 17.9. The molecule has 1 heterocycles. The van der Waals surface area contributed by atoms with Gasteiger partial charge in [-0.05, 0) is 72.8 Å². The van der Waals surface area contributed by atoms with Gasteiger partial charge in [-0.3, -0.25) is 4.79 Å². The molecule has 0 aliphatic rings. The fourth-order valence-electron chi connectivity index (χ4n) is 4.05. The van der Waals surface area contributed by atoms with Crippen LogP contribution < -0.4 is 5.32 Å². The molecule has 0 bridgehead atoms. The van der Waals surface area contributed by atoms with Crippen LogP contribution in [0.3, 0.4) is 0 Å². The Morgan fingerprint density at radius 1 is 0.882 bits per heavy atom. The molecule has 1 amide bonds. The number of rotatable bonds is 5. The van der Waals surface area contributed by atoms with Crippen molar-refractivity contribution in [3.63, 3.8) is 0 Å². The Morgan fingerprint density at radius 3 is 2.44 bits per heavy atom. The predicted octanol–water partition coefficient (Wildman–Crippen LogP) is 8.44. The molecule has 34 heavy (non-hydrogen) atoms. The summed E-state index contributed by atoms with van der Waals surface area (Å²) in [5, 5.41) is 4.80. The lowest BCUT2D eigenvalue weighted by molar-refractivity contribution is 0.102. The van der Waals surface area contributed by atoms with Crippen molar-refractivity contribution in [3.05, 3.63) is 107 Å². The van der Waals surface area contributed by atoms with Crippen molar-refractivity contribution < 1.29 is 4.79 Å². The number of aryl methyl sites for hydroxylation is 1. The van der Waals surface area contributed by atoms with Gasteiger partial charge in [-0.15, -0.1) is 11.8 Å². The van der Waals surface area contributed by atoms with Crippen LogP contribution >= 0.6 is 23.4 Å². The summed E-state index contributed by atoms with van der Waals surface area (Å²) in [5.74, 6) is -0.159. The molecule has 3 nitrogen and oxygen atoms in total. The maximum atomic E-state index is 13.4. The third-order valence-corrected chi connectivity index (χ3v) is 6.93. The second-order valence-corrected chi connectivity index (χ2v) is 9.48. The van der Waals surface area contributed by atoms with Gasteiger partial charge in [-0.2, -0.15) is 0 Å². The van der Waals surface area contributed by atoms with E-state index >= 15 is 0 Å². The highest BCUT2D eigenvalue weighted by atomic mass is 35.5. The van der Waals surface area contributed by atoms with E-state index in [1.165, 1.54) is 5.56 Å². The van der Waals surface area contributed by atoms with E-state index in [1.54, 1.807) is 11.8 Å². The number of anilines is 1. The molecule has 0 aliphatic carbocycles. The Bertz CT molecular complexity index is 1470. The molecule has 5 aromatic rings. The number of carbonyl (C=O) groups excluding carboxylic acids is 1. The third kappa shape index (κ3) is 4.47. The lowest BCUT2D eigenvalue weighted by atomic mass is 9.98. The second-order valence-electron chi connectivity index (χ2n) is 8.20. The first kappa shape index (κ1) is 22.3. The Balaban J connectivity index is 1.49. The van der Waals surface area contributed by atoms with Crippen molar-refractivity contribution in [1.29, 1.82) is 0 Å². The Hall–Kier alpha value is -3.47. The number of carbonyl (C=O) groups is 1. The van der Waals surface area contributed by atoms with Gasteiger partial charge in [0.15, 0.2) is 0 Å². The van der Waals surface area contributed by atoms with Crippen molar-refractivity contribution in [2.24, 2.45) is 0 Å². The third-order valence-electron chi connectivity index (χ3n) is 5.88. The lowest BCUT2D eigenvalue weighted by Crippen LogP contribution is -2.13. The largest absolute Gasteiger partial charge is 0.354 e. The highest BCUT2D eigenvalue weighted by molar-refractivity contribution is 7.98. The van der Waals surface area contributed by atoms with E-state index in [2.05, 4.69) is 59.7 Å². The molecule has 0 unspecified atom stereocenters. The van der Waals surface area contributed by atoms with Crippen LogP contribution in [0.25, 0.3) is 33.3 Å². The van der Waals surface area contributed by atoms with Gasteiger partial charge in [0.05, 0.1) is 5.02 Å². The first-order valence-electron chi connectivity index (χ1n) is 11.0.